The lowest BCUT2D eigenvalue weighted by molar-refractivity contribution is 0.102. The lowest BCUT2D eigenvalue weighted by Crippen LogP contribution is -2.50. The Bertz CT molecular complexity index is 1170. The monoisotopic (exact) mass is 480 g/mol. The number of carbonyl (C=O) groups excluding carboxylic acids is 1. The maximum absolute atomic E-state index is 15.5. The van der Waals surface area contributed by atoms with E-state index in [1.54, 1.807) is 30.7 Å². The molecule has 184 valence electrons. The number of nitrogens with zero attached hydrogens (tertiary/aromatic N) is 6. The number of hydrogen-bond acceptors (Lipinski definition) is 8. The predicted molar refractivity (Wildman–Crippen MR) is 131 cm³/mol. The Hall–Kier alpha value is -3.57. The summed E-state index contributed by atoms with van der Waals surface area (Å²) in [5.41, 5.74) is 2.27. The number of benzene rings is 1. The second kappa shape index (κ2) is 9.96. The molecule has 5 rings (SSSR count). The molecule has 0 spiro atoms. The summed E-state index contributed by atoms with van der Waals surface area (Å²) in [5.74, 6) is -0.175. The molecule has 0 saturated carbocycles. The van der Waals surface area contributed by atoms with Crippen molar-refractivity contribution < 1.29 is 13.9 Å². The van der Waals surface area contributed by atoms with Crippen LogP contribution in [-0.4, -0.2) is 90.0 Å². The molecule has 1 amide bonds. The number of aromatic nitrogens is 4. The smallest absolute Gasteiger partial charge is 0.276 e. The zero-order valence-corrected chi connectivity index (χ0v) is 19.9. The second-order valence-electron chi connectivity index (χ2n) is 8.91. The molecule has 0 radical (unpaired) electrons. The topological polar surface area (TPSA) is 103 Å². The van der Waals surface area contributed by atoms with Crippen LogP contribution in [0.1, 0.15) is 17.4 Å². The van der Waals surface area contributed by atoms with Gasteiger partial charge >= 0.3 is 0 Å². The van der Waals surface area contributed by atoms with Crippen LogP contribution in [0.2, 0.25) is 0 Å². The van der Waals surface area contributed by atoms with Crippen LogP contribution in [0.15, 0.2) is 36.8 Å². The molecule has 3 aromatic rings. The summed E-state index contributed by atoms with van der Waals surface area (Å²) in [6.45, 7) is 7.11. The lowest BCUT2D eigenvalue weighted by atomic mass is 10.0. The number of morpholine rings is 1. The molecule has 2 aliphatic heterocycles. The van der Waals surface area contributed by atoms with Gasteiger partial charge in [0.2, 0.25) is 5.95 Å². The van der Waals surface area contributed by atoms with Gasteiger partial charge in [-0.25, -0.2) is 14.4 Å². The largest absolute Gasteiger partial charge is 0.378 e. The van der Waals surface area contributed by atoms with Crippen LogP contribution in [0.3, 0.4) is 0 Å². The maximum Gasteiger partial charge on any atom is 0.276 e. The van der Waals surface area contributed by atoms with Gasteiger partial charge in [-0.3, -0.25) is 9.89 Å². The number of nitrogens with one attached hydrogen (secondary N) is 2. The van der Waals surface area contributed by atoms with E-state index in [9.17, 15) is 4.79 Å². The van der Waals surface area contributed by atoms with Crippen molar-refractivity contribution in [1.82, 2.24) is 25.1 Å². The first kappa shape index (κ1) is 23.2. The van der Waals surface area contributed by atoms with E-state index in [1.165, 1.54) is 6.07 Å². The average Bonchev–Trinajstić information content (AvgIpc) is 3.43. The van der Waals surface area contributed by atoms with Crippen molar-refractivity contribution in [3.8, 4) is 11.1 Å². The van der Waals surface area contributed by atoms with Gasteiger partial charge in [-0.2, -0.15) is 5.10 Å². The molecule has 11 heteroatoms. The first-order chi connectivity index (χ1) is 17.0. The van der Waals surface area contributed by atoms with E-state index in [2.05, 4.69) is 49.3 Å². The molecular weight excluding hydrogens is 451 g/mol. The quantitative estimate of drug-likeness (QED) is 0.573. The number of hydrogen-bond donors (Lipinski definition) is 2. The third-order valence-electron chi connectivity index (χ3n) is 6.61. The van der Waals surface area contributed by atoms with Crippen LogP contribution in [-0.2, 0) is 4.74 Å². The van der Waals surface area contributed by atoms with Gasteiger partial charge in [0, 0.05) is 68.5 Å². The number of carbonyl (C=O) groups is 1. The molecule has 2 N–H and O–H groups in total. The van der Waals surface area contributed by atoms with E-state index >= 15 is 4.39 Å². The third kappa shape index (κ3) is 4.96. The van der Waals surface area contributed by atoms with Crippen LogP contribution >= 0.6 is 0 Å². The standard InChI is InChI=1S/C24H29FN8O2/c1-16-15-33(6-5-31(16)2)22-12-19(25)18(11-21(22)29-23(34)20-3-4-28-30-20)17-13-26-24(27-14-17)32-7-9-35-10-8-32/h3-4,11-14,16H,5-10,15H2,1-2H3,(H,28,30)(H,29,34)/t16-/m0/s1. The fourth-order valence-electron chi connectivity index (χ4n) is 4.37. The number of rotatable bonds is 5. The summed E-state index contributed by atoms with van der Waals surface area (Å²) in [4.78, 5) is 28.1. The number of amides is 1. The predicted octanol–water partition coefficient (Wildman–Crippen LogP) is 2.23. The van der Waals surface area contributed by atoms with Gasteiger partial charge in [-0.1, -0.05) is 0 Å². The highest BCUT2D eigenvalue weighted by Crippen LogP contribution is 2.35. The summed E-state index contributed by atoms with van der Waals surface area (Å²) < 4.78 is 20.8. The zero-order valence-electron chi connectivity index (χ0n) is 19.9. The summed E-state index contributed by atoms with van der Waals surface area (Å²) >= 11 is 0. The van der Waals surface area contributed by atoms with E-state index in [-0.39, 0.29) is 11.6 Å². The molecule has 0 unspecified atom stereocenters. The van der Waals surface area contributed by atoms with E-state index in [0.717, 1.165) is 32.7 Å². The number of piperazine rings is 1. The number of likely N-dealkylation sites (N-methyl/N-ethyl adjacent to an activating group) is 1. The molecule has 0 aliphatic carbocycles. The Morgan fingerprint density at radius 2 is 1.91 bits per heavy atom. The van der Waals surface area contributed by atoms with Gasteiger partial charge in [0.1, 0.15) is 11.5 Å². The van der Waals surface area contributed by atoms with Gasteiger partial charge < -0.3 is 24.8 Å². The van der Waals surface area contributed by atoms with Crippen molar-refractivity contribution in [2.24, 2.45) is 0 Å². The van der Waals surface area contributed by atoms with Crippen molar-refractivity contribution in [2.75, 3.05) is 68.1 Å². The van der Waals surface area contributed by atoms with E-state index in [0.29, 0.717) is 47.7 Å². The van der Waals surface area contributed by atoms with Crippen LogP contribution in [0.5, 0.6) is 0 Å². The Morgan fingerprint density at radius 3 is 2.60 bits per heavy atom. The highest BCUT2D eigenvalue weighted by atomic mass is 19.1. The molecule has 0 bridgehead atoms. The van der Waals surface area contributed by atoms with Gasteiger partial charge in [0.25, 0.3) is 5.91 Å². The Balaban J connectivity index is 1.48. The highest BCUT2D eigenvalue weighted by Gasteiger charge is 2.25. The van der Waals surface area contributed by atoms with Crippen LogP contribution in [0.25, 0.3) is 11.1 Å². The molecule has 4 heterocycles. The minimum absolute atomic E-state index is 0.256. The number of H-pyrrole nitrogens is 1. The number of anilines is 3. The molecule has 2 saturated heterocycles. The third-order valence-corrected chi connectivity index (χ3v) is 6.61. The molecule has 1 atom stereocenters. The number of ether oxygens (including phenoxy) is 1. The molecule has 10 nitrogen and oxygen atoms in total. The lowest BCUT2D eigenvalue weighted by Gasteiger charge is -2.39. The van der Waals surface area contributed by atoms with E-state index < -0.39 is 5.82 Å². The van der Waals surface area contributed by atoms with Crippen molar-refractivity contribution in [3.63, 3.8) is 0 Å². The Kier molecular flexibility index (Phi) is 6.60. The minimum atomic E-state index is -0.396. The van der Waals surface area contributed by atoms with Gasteiger partial charge in [0.05, 0.1) is 24.6 Å². The highest BCUT2D eigenvalue weighted by molar-refractivity contribution is 6.05. The summed E-state index contributed by atoms with van der Waals surface area (Å²) in [6.07, 6.45) is 4.82. The summed E-state index contributed by atoms with van der Waals surface area (Å²) in [7, 11) is 2.08. The average molecular weight is 481 g/mol. The van der Waals surface area contributed by atoms with E-state index in [1.807, 2.05) is 4.90 Å². The second-order valence-corrected chi connectivity index (χ2v) is 8.91. The Morgan fingerprint density at radius 1 is 1.14 bits per heavy atom. The summed E-state index contributed by atoms with van der Waals surface area (Å²) in [5, 5.41) is 9.54. The van der Waals surface area contributed by atoms with Crippen LogP contribution in [0, 0.1) is 5.82 Å². The van der Waals surface area contributed by atoms with Gasteiger partial charge in [-0.05, 0) is 32.2 Å². The molecule has 2 fully saturated rings. The first-order valence-electron chi connectivity index (χ1n) is 11.7. The fourth-order valence-corrected chi connectivity index (χ4v) is 4.37. The molecule has 1 aromatic carbocycles. The first-order valence-corrected chi connectivity index (χ1v) is 11.7. The fraction of sp³-hybridized carbons (Fsp3) is 0.417. The van der Waals surface area contributed by atoms with Crippen molar-refractivity contribution in [2.45, 2.75) is 13.0 Å². The maximum atomic E-state index is 15.5. The van der Waals surface area contributed by atoms with Crippen molar-refractivity contribution in [1.29, 1.82) is 0 Å². The Labute approximate surface area is 203 Å². The molecule has 2 aliphatic rings. The molecule has 35 heavy (non-hydrogen) atoms. The van der Waals surface area contributed by atoms with Crippen LogP contribution in [0.4, 0.5) is 21.7 Å². The number of halogens is 1. The number of aromatic amines is 1. The summed E-state index contributed by atoms with van der Waals surface area (Å²) in [6, 6.07) is 5.03. The SMILES string of the molecule is C[C@H]1CN(c2cc(F)c(-c3cnc(N4CCOCC4)nc3)cc2NC(=O)c2cc[nH]n2)CCN1C. The van der Waals surface area contributed by atoms with Crippen molar-refractivity contribution >= 4 is 23.2 Å². The minimum Gasteiger partial charge on any atom is -0.378 e. The zero-order chi connectivity index (χ0) is 24.4. The van der Waals surface area contributed by atoms with Crippen LogP contribution < -0.4 is 15.1 Å². The van der Waals surface area contributed by atoms with Gasteiger partial charge in [0.15, 0.2) is 0 Å². The molecule has 2 aromatic heterocycles. The van der Waals surface area contributed by atoms with Gasteiger partial charge in [-0.15, -0.1) is 0 Å². The normalized spacial score (nSPS) is 19.1. The molecular formula is C24H29FN8O2. The van der Waals surface area contributed by atoms with Crippen molar-refractivity contribution in [3.05, 3.63) is 48.3 Å². The van der Waals surface area contributed by atoms with E-state index in [4.69, 9.17) is 4.74 Å².